The fourth-order valence-electron chi connectivity index (χ4n) is 2.16. The van der Waals surface area contributed by atoms with E-state index in [0.717, 1.165) is 5.56 Å². The number of hydrogen-bond donors (Lipinski definition) is 0. The molecule has 104 valence electrons. The van der Waals surface area contributed by atoms with E-state index in [0.29, 0.717) is 11.6 Å². The maximum absolute atomic E-state index is 13.0. The lowest BCUT2D eigenvalue weighted by Crippen LogP contribution is -2.26. The molecule has 1 fully saturated rings. The molecule has 2 rings (SSSR count). The summed E-state index contributed by atoms with van der Waals surface area (Å²) in [6.45, 7) is 3.94. The van der Waals surface area contributed by atoms with Crippen molar-refractivity contribution < 1.29 is 17.1 Å². The van der Waals surface area contributed by atoms with Gasteiger partial charge in [0.25, 0.3) is 0 Å². The zero-order valence-electron chi connectivity index (χ0n) is 10.8. The fraction of sp³-hybridized carbons (Fsp3) is 0.462. The molecule has 6 heteroatoms. The van der Waals surface area contributed by atoms with Crippen molar-refractivity contribution in [2.75, 3.05) is 11.4 Å². The number of halogens is 1. The SMILES string of the molecule is CC(C)c1cccc(N2CC(S(=O)(=O)F)CC2=O)c1. The predicted octanol–water partition coefficient (Wildman–Crippen LogP) is 2.21. The van der Waals surface area contributed by atoms with Crippen molar-refractivity contribution in [1.82, 2.24) is 0 Å². The molecule has 1 amide bonds. The van der Waals surface area contributed by atoms with Gasteiger partial charge in [-0.25, -0.2) is 0 Å². The maximum Gasteiger partial charge on any atom is 0.307 e. The Balaban J connectivity index is 2.28. The summed E-state index contributed by atoms with van der Waals surface area (Å²) in [5.41, 5.74) is 1.68. The second kappa shape index (κ2) is 4.92. The second-order valence-electron chi connectivity index (χ2n) is 5.06. The van der Waals surface area contributed by atoms with Gasteiger partial charge in [-0.3, -0.25) is 4.79 Å². The smallest absolute Gasteiger partial charge is 0.307 e. The van der Waals surface area contributed by atoms with Crippen molar-refractivity contribution in [3.63, 3.8) is 0 Å². The minimum atomic E-state index is -4.67. The number of carbonyl (C=O) groups excluding carboxylic acids is 1. The van der Waals surface area contributed by atoms with E-state index in [2.05, 4.69) is 0 Å². The Morgan fingerprint density at radius 2 is 2.05 bits per heavy atom. The zero-order valence-corrected chi connectivity index (χ0v) is 11.7. The molecule has 1 aliphatic heterocycles. The van der Waals surface area contributed by atoms with Crippen LogP contribution in [0.3, 0.4) is 0 Å². The maximum atomic E-state index is 13.0. The van der Waals surface area contributed by atoms with Gasteiger partial charge < -0.3 is 4.90 Å². The zero-order chi connectivity index (χ0) is 14.2. The third kappa shape index (κ3) is 2.94. The molecule has 1 saturated heterocycles. The highest BCUT2D eigenvalue weighted by Crippen LogP contribution is 2.28. The lowest BCUT2D eigenvalue weighted by molar-refractivity contribution is -0.117. The van der Waals surface area contributed by atoms with Crippen molar-refractivity contribution in [2.24, 2.45) is 0 Å². The van der Waals surface area contributed by atoms with E-state index in [1.807, 2.05) is 32.0 Å². The molecular weight excluding hydrogens is 269 g/mol. The molecule has 1 heterocycles. The molecule has 1 aromatic rings. The Labute approximate surface area is 112 Å². The molecule has 0 bridgehead atoms. The lowest BCUT2D eigenvalue weighted by atomic mass is 10.0. The van der Waals surface area contributed by atoms with E-state index in [4.69, 9.17) is 0 Å². The number of nitrogens with zero attached hydrogens (tertiary/aromatic N) is 1. The normalized spacial score (nSPS) is 20.3. The molecule has 0 aromatic heterocycles. The van der Waals surface area contributed by atoms with Crippen LogP contribution in [0.1, 0.15) is 31.7 Å². The van der Waals surface area contributed by atoms with Gasteiger partial charge in [0.1, 0.15) is 5.25 Å². The van der Waals surface area contributed by atoms with Crippen LogP contribution in [0.5, 0.6) is 0 Å². The van der Waals surface area contributed by atoms with Crippen molar-refractivity contribution >= 4 is 21.8 Å². The molecule has 1 aliphatic rings. The molecule has 4 nitrogen and oxygen atoms in total. The van der Waals surface area contributed by atoms with E-state index in [-0.39, 0.29) is 18.9 Å². The Bertz CT molecular complexity index is 598. The van der Waals surface area contributed by atoms with Gasteiger partial charge in [0.15, 0.2) is 0 Å². The van der Waals surface area contributed by atoms with Gasteiger partial charge in [-0.15, -0.1) is 3.89 Å². The topological polar surface area (TPSA) is 54.5 Å². The summed E-state index contributed by atoms with van der Waals surface area (Å²) in [6.07, 6.45) is -0.287. The largest absolute Gasteiger partial charge is 0.311 e. The van der Waals surface area contributed by atoms with Crippen LogP contribution in [0.15, 0.2) is 24.3 Å². The van der Waals surface area contributed by atoms with Crippen LogP contribution in [0.4, 0.5) is 9.57 Å². The van der Waals surface area contributed by atoms with Crippen molar-refractivity contribution in [1.29, 1.82) is 0 Å². The third-order valence-electron chi connectivity index (χ3n) is 3.34. The fourth-order valence-corrected chi connectivity index (χ4v) is 2.83. The molecule has 0 saturated carbocycles. The van der Waals surface area contributed by atoms with Gasteiger partial charge >= 0.3 is 10.2 Å². The quantitative estimate of drug-likeness (QED) is 0.800. The third-order valence-corrected chi connectivity index (χ3v) is 4.45. The van der Waals surface area contributed by atoms with Gasteiger partial charge in [0, 0.05) is 18.7 Å². The molecule has 1 unspecified atom stereocenters. The highest BCUT2D eigenvalue weighted by molar-refractivity contribution is 7.87. The number of anilines is 1. The first kappa shape index (κ1) is 14.0. The van der Waals surface area contributed by atoms with Crippen LogP contribution >= 0.6 is 0 Å². The van der Waals surface area contributed by atoms with Gasteiger partial charge in [-0.05, 0) is 23.6 Å². The first-order valence-corrected chi connectivity index (χ1v) is 7.57. The van der Waals surface area contributed by atoms with Gasteiger partial charge in [-0.1, -0.05) is 26.0 Å². The van der Waals surface area contributed by atoms with Crippen LogP contribution in [0, 0.1) is 0 Å². The molecule has 0 N–H and O–H groups in total. The van der Waals surface area contributed by atoms with E-state index in [1.165, 1.54) is 4.90 Å². The van der Waals surface area contributed by atoms with Gasteiger partial charge in [0.05, 0.1) is 0 Å². The first-order chi connectivity index (χ1) is 8.79. The highest BCUT2D eigenvalue weighted by Gasteiger charge is 2.39. The first-order valence-electron chi connectivity index (χ1n) is 6.13. The number of rotatable bonds is 3. The monoisotopic (exact) mass is 285 g/mol. The molecule has 19 heavy (non-hydrogen) atoms. The average Bonchev–Trinajstić information content (AvgIpc) is 2.71. The number of hydrogen-bond acceptors (Lipinski definition) is 3. The summed E-state index contributed by atoms with van der Waals surface area (Å²) in [5.74, 6) is -0.0505. The molecule has 1 aromatic carbocycles. The van der Waals surface area contributed by atoms with Crippen molar-refractivity contribution in [3.05, 3.63) is 29.8 Å². The van der Waals surface area contributed by atoms with Gasteiger partial charge in [0.2, 0.25) is 5.91 Å². The number of benzene rings is 1. The molecule has 0 aliphatic carbocycles. The van der Waals surface area contributed by atoms with Gasteiger partial charge in [-0.2, -0.15) is 8.42 Å². The average molecular weight is 285 g/mol. The van der Waals surface area contributed by atoms with E-state index >= 15 is 0 Å². The molecule has 0 spiro atoms. The van der Waals surface area contributed by atoms with Crippen LogP contribution < -0.4 is 4.90 Å². The van der Waals surface area contributed by atoms with E-state index < -0.39 is 15.5 Å². The standard InChI is InChI=1S/C13H16FNO3S/c1-9(2)10-4-3-5-11(6-10)15-8-12(7-13(15)16)19(14,17)18/h3-6,9,12H,7-8H2,1-2H3. The van der Waals surface area contributed by atoms with Crippen molar-refractivity contribution in [3.8, 4) is 0 Å². The van der Waals surface area contributed by atoms with E-state index in [1.54, 1.807) is 6.07 Å². The minimum Gasteiger partial charge on any atom is -0.311 e. The minimum absolute atomic E-state index is 0.112. The molecule has 0 radical (unpaired) electrons. The van der Waals surface area contributed by atoms with Crippen molar-refractivity contribution in [2.45, 2.75) is 31.4 Å². The molecular formula is C13H16FNO3S. The summed E-state index contributed by atoms with van der Waals surface area (Å²) in [6, 6.07) is 7.33. The second-order valence-corrected chi connectivity index (χ2v) is 6.67. The molecule has 1 atom stereocenters. The Kier molecular flexibility index (Phi) is 3.62. The lowest BCUT2D eigenvalue weighted by Gasteiger charge is -2.18. The van der Waals surface area contributed by atoms with Crippen LogP contribution in [0.2, 0.25) is 0 Å². The van der Waals surface area contributed by atoms with E-state index in [9.17, 15) is 17.1 Å². The number of amides is 1. The summed E-state index contributed by atoms with van der Waals surface area (Å²) in [4.78, 5) is 13.1. The summed E-state index contributed by atoms with van der Waals surface area (Å²) >= 11 is 0. The Morgan fingerprint density at radius 1 is 1.37 bits per heavy atom. The van der Waals surface area contributed by atoms with Crippen LogP contribution in [0.25, 0.3) is 0 Å². The van der Waals surface area contributed by atoms with Crippen LogP contribution in [-0.2, 0) is 15.0 Å². The Morgan fingerprint density at radius 3 is 2.58 bits per heavy atom. The highest BCUT2D eigenvalue weighted by atomic mass is 32.3. The number of carbonyl (C=O) groups is 1. The van der Waals surface area contributed by atoms with Crippen LogP contribution in [-0.4, -0.2) is 26.1 Å². The Hall–Kier alpha value is -1.43. The summed E-state index contributed by atoms with van der Waals surface area (Å²) in [7, 11) is -4.67. The summed E-state index contributed by atoms with van der Waals surface area (Å²) < 4.78 is 34.7. The summed E-state index contributed by atoms with van der Waals surface area (Å²) in [5, 5.41) is -1.25. The predicted molar refractivity (Wildman–Crippen MR) is 71.3 cm³/mol.